The number of piperidine rings is 1. The van der Waals surface area contributed by atoms with Gasteiger partial charge in [-0.15, -0.1) is 0 Å². The summed E-state index contributed by atoms with van der Waals surface area (Å²) in [6, 6.07) is 12.8. The lowest BCUT2D eigenvalue weighted by atomic mass is 9.90. The highest BCUT2D eigenvalue weighted by molar-refractivity contribution is 5.15. The topological polar surface area (TPSA) is 27.0 Å². The van der Waals surface area contributed by atoms with E-state index in [2.05, 4.69) is 41.8 Å². The number of likely N-dealkylation sites (tertiary alicyclic amines) is 1. The molecule has 0 spiro atoms. The first-order valence-electron chi connectivity index (χ1n) is 6.10. The molecule has 0 amide bonds. The van der Waals surface area contributed by atoms with Crippen LogP contribution in [0.25, 0.3) is 0 Å². The Hall–Kier alpha value is -1.59. The predicted octanol–water partition coefficient (Wildman–Crippen LogP) is 2.98. The van der Waals surface area contributed by atoms with Gasteiger partial charge in [0.25, 0.3) is 0 Å². The van der Waals surface area contributed by atoms with Gasteiger partial charge < -0.3 is 0 Å². The minimum absolute atomic E-state index is 0.359. The molecule has 17 heavy (non-hydrogen) atoms. The summed E-state index contributed by atoms with van der Waals surface area (Å²) in [5.41, 5.74) is 2.59. The van der Waals surface area contributed by atoms with E-state index in [1.165, 1.54) is 11.1 Å². The summed E-state index contributed by atoms with van der Waals surface area (Å²) < 4.78 is 0. The van der Waals surface area contributed by atoms with Crippen molar-refractivity contribution in [3.8, 4) is 6.07 Å². The van der Waals surface area contributed by atoms with Crippen LogP contribution in [-0.4, -0.2) is 18.0 Å². The second-order valence-electron chi connectivity index (χ2n) is 4.69. The molecule has 2 nitrogen and oxygen atoms in total. The Labute approximate surface area is 103 Å². The van der Waals surface area contributed by atoms with E-state index in [9.17, 15) is 0 Å². The van der Waals surface area contributed by atoms with E-state index >= 15 is 0 Å². The number of hydrogen-bond acceptors (Lipinski definition) is 2. The second kappa shape index (κ2) is 5.65. The average Bonchev–Trinajstić information content (AvgIpc) is 2.35. The van der Waals surface area contributed by atoms with E-state index in [1.54, 1.807) is 0 Å². The number of nitrogens with zero attached hydrogens (tertiary/aromatic N) is 2. The molecule has 0 bridgehead atoms. The summed E-state index contributed by atoms with van der Waals surface area (Å²) in [6.45, 7) is 7.10. The van der Waals surface area contributed by atoms with Crippen molar-refractivity contribution in [3.63, 3.8) is 0 Å². The molecule has 88 valence electrons. The maximum atomic E-state index is 8.80. The van der Waals surface area contributed by atoms with Crippen molar-refractivity contribution in [2.75, 3.05) is 13.1 Å². The zero-order chi connectivity index (χ0) is 12.1. The van der Waals surface area contributed by atoms with Crippen molar-refractivity contribution in [2.24, 2.45) is 5.92 Å². The average molecular weight is 226 g/mol. The van der Waals surface area contributed by atoms with Crippen LogP contribution < -0.4 is 0 Å². The molecule has 1 unspecified atom stereocenters. The van der Waals surface area contributed by atoms with Crippen molar-refractivity contribution < 1.29 is 0 Å². The standard InChI is InChI=1S/C15H18N2/c1-13-8-10-17(12-15(13)7-9-16)11-14-5-3-2-4-6-14/h2-6,15H,1,7-8,10-12H2. The fourth-order valence-corrected chi connectivity index (χ4v) is 2.34. The van der Waals surface area contributed by atoms with Gasteiger partial charge >= 0.3 is 0 Å². The van der Waals surface area contributed by atoms with E-state index in [0.29, 0.717) is 12.3 Å². The van der Waals surface area contributed by atoms with Gasteiger partial charge in [-0.3, -0.25) is 4.90 Å². The van der Waals surface area contributed by atoms with Gasteiger partial charge in [-0.25, -0.2) is 0 Å². The Morgan fingerprint density at radius 3 is 2.82 bits per heavy atom. The molecule has 1 saturated heterocycles. The lowest BCUT2D eigenvalue weighted by Gasteiger charge is -2.33. The van der Waals surface area contributed by atoms with Gasteiger partial charge in [0.15, 0.2) is 0 Å². The van der Waals surface area contributed by atoms with Crippen molar-refractivity contribution in [2.45, 2.75) is 19.4 Å². The molecule has 0 aromatic heterocycles. The molecule has 1 fully saturated rings. The molecule has 1 aromatic rings. The highest BCUT2D eigenvalue weighted by atomic mass is 15.1. The molecule has 1 heterocycles. The van der Waals surface area contributed by atoms with Crippen LogP contribution in [0.5, 0.6) is 0 Å². The van der Waals surface area contributed by atoms with E-state index in [4.69, 9.17) is 5.26 Å². The summed E-state index contributed by atoms with van der Waals surface area (Å²) in [4.78, 5) is 2.42. The Balaban J connectivity index is 1.95. The molecule has 1 atom stereocenters. The molecular weight excluding hydrogens is 208 g/mol. The first-order valence-corrected chi connectivity index (χ1v) is 6.10. The first-order chi connectivity index (χ1) is 8.29. The lowest BCUT2D eigenvalue weighted by molar-refractivity contribution is 0.207. The Kier molecular flexibility index (Phi) is 3.95. The number of hydrogen-bond donors (Lipinski definition) is 0. The summed E-state index contributed by atoms with van der Waals surface area (Å²) in [6.07, 6.45) is 1.63. The molecule has 1 aromatic carbocycles. The highest BCUT2D eigenvalue weighted by Crippen LogP contribution is 2.24. The summed E-state index contributed by atoms with van der Waals surface area (Å²) >= 11 is 0. The second-order valence-corrected chi connectivity index (χ2v) is 4.69. The minimum atomic E-state index is 0.359. The maximum Gasteiger partial charge on any atom is 0.0628 e. The van der Waals surface area contributed by atoms with Gasteiger partial charge in [0.1, 0.15) is 0 Å². The van der Waals surface area contributed by atoms with Crippen molar-refractivity contribution in [3.05, 3.63) is 48.0 Å². The number of nitriles is 1. The minimum Gasteiger partial charge on any atom is -0.298 e. The van der Waals surface area contributed by atoms with Crippen LogP contribution in [-0.2, 0) is 6.54 Å². The maximum absolute atomic E-state index is 8.80. The predicted molar refractivity (Wildman–Crippen MR) is 69.2 cm³/mol. The van der Waals surface area contributed by atoms with Crippen molar-refractivity contribution in [1.29, 1.82) is 5.26 Å². The third kappa shape index (κ3) is 3.18. The number of benzene rings is 1. The molecule has 1 aliphatic rings. The van der Waals surface area contributed by atoms with Gasteiger partial charge in [0.05, 0.1) is 6.07 Å². The van der Waals surface area contributed by atoms with Crippen LogP contribution in [0.1, 0.15) is 18.4 Å². The third-order valence-electron chi connectivity index (χ3n) is 3.39. The van der Waals surface area contributed by atoms with Crippen LogP contribution in [0, 0.1) is 17.2 Å². The summed E-state index contributed by atoms with van der Waals surface area (Å²) in [5.74, 6) is 0.359. The number of rotatable bonds is 3. The van der Waals surface area contributed by atoms with Gasteiger partial charge in [0.2, 0.25) is 0 Å². The molecular formula is C15H18N2. The Morgan fingerprint density at radius 1 is 1.35 bits per heavy atom. The van der Waals surface area contributed by atoms with E-state index in [-0.39, 0.29) is 0 Å². The normalized spacial score (nSPS) is 21.1. The molecule has 1 aliphatic heterocycles. The highest BCUT2D eigenvalue weighted by Gasteiger charge is 2.22. The first kappa shape index (κ1) is 11.9. The molecule has 0 N–H and O–H groups in total. The van der Waals surface area contributed by atoms with Crippen LogP contribution in [0.15, 0.2) is 42.5 Å². The molecule has 0 saturated carbocycles. The molecule has 2 heteroatoms. The van der Waals surface area contributed by atoms with Gasteiger partial charge in [-0.05, 0) is 12.0 Å². The Morgan fingerprint density at radius 2 is 2.12 bits per heavy atom. The zero-order valence-corrected chi connectivity index (χ0v) is 10.1. The van der Waals surface area contributed by atoms with E-state index < -0.39 is 0 Å². The lowest BCUT2D eigenvalue weighted by Crippen LogP contribution is -2.35. The van der Waals surface area contributed by atoms with Crippen LogP contribution in [0.4, 0.5) is 0 Å². The SMILES string of the molecule is C=C1CCN(Cc2ccccc2)CC1CC#N. The van der Waals surface area contributed by atoms with Crippen LogP contribution in [0.3, 0.4) is 0 Å². The van der Waals surface area contributed by atoms with Crippen LogP contribution in [0.2, 0.25) is 0 Å². The third-order valence-corrected chi connectivity index (χ3v) is 3.39. The van der Waals surface area contributed by atoms with Crippen molar-refractivity contribution in [1.82, 2.24) is 4.90 Å². The molecule has 0 radical (unpaired) electrons. The van der Waals surface area contributed by atoms with Gasteiger partial charge in [-0.1, -0.05) is 42.5 Å². The molecule has 2 rings (SSSR count). The monoisotopic (exact) mass is 226 g/mol. The van der Waals surface area contributed by atoms with E-state index in [0.717, 1.165) is 26.1 Å². The van der Waals surface area contributed by atoms with Gasteiger partial charge in [0, 0.05) is 32.0 Å². The smallest absolute Gasteiger partial charge is 0.0628 e. The largest absolute Gasteiger partial charge is 0.298 e. The fourth-order valence-electron chi connectivity index (χ4n) is 2.34. The quantitative estimate of drug-likeness (QED) is 0.741. The summed E-state index contributed by atoms with van der Waals surface area (Å²) in [7, 11) is 0. The summed E-state index contributed by atoms with van der Waals surface area (Å²) in [5, 5.41) is 8.80. The fraction of sp³-hybridized carbons (Fsp3) is 0.400. The van der Waals surface area contributed by atoms with Gasteiger partial charge in [-0.2, -0.15) is 5.26 Å². The van der Waals surface area contributed by atoms with Crippen LogP contribution >= 0.6 is 0 Å². The van der Waals surface area contributed by atoms with Crippen molar-refractivity contribution >= 4 is 0 Å². The van der Waals surface area contributed by atoms with E-state index in [1.807, 2.05) is 6.07 Å². The Bertz CT molecular complexity index is 416. The zero-order valence-electron chi connectivity index (χ0n) is 10.1. The molecule has 0 aliphatic carbocycles.